The number of nitrogen functional groups attached to an aromatic ring is 1. The molecule has 0 spiro atoms. The van der Waals surface area contributed by atoms with Crippen LogP contribution in [0.25, 0.3) is 28.1 Å². The lowest BCUT2D eigenvalue weighted by Crippen LogP contribution is -2.14. The zero-order valence-corrected chi connectivity index (χ0v) is 14.7. The predicted octanol–water partition coefficient (Wildman–Crippen LogP) is 4.49. The Morgan fingerprint density at radius 2 is 1.19 bits per heavy atom. The highest BCUT2D eigenvalue weighted by Crippen LogP contribution is 2.42. The van der Waals surface area contributed by atoms with E-state index in [0.717, 1.165) is 28.1 Å². The fraction of sp³-hybridized carbons (Fsp3) is 0. The van der Waals surface area contributed by atoms with E-state index in [1.54, 1.807) is 0 Å². The molecule has 27 heavy (non-hydrogen) atoms. The summed E-state index contributed by atoms with van der Waals surface area (Å²) >= 11 is 0. The van der Waals surface area contributed by atoms with Crippen LogP contribution in [0.5, 0.6) is 0 Å². The lowest BCUT2D eigenvalue weighted by Gasteiger charge is -2.13. The maximum Gasteiger partial charge on any atom is 0.253 e. The summed E-state index contributed by atoms with van der Waals surface area (Å²) in [5, 5.41) is 0. The molecule has 0 saturated heterocycles. The van der Waals surface area contributed by atoms with Crippen molar-refractivity contribution in [3.05, 3.63) is 96.6 Å². The molecule has 4 heteroatoms. The van der Waals surface area contributed by atoms with Crippen LogP contribution in [-0.4, -0.2) is 10.5 Å². The Balaban J connectivity index is 2.16. The monoisotopic (exact) mass is 353 g/mol. The molecule has 0 fully saturated rings. The third kappa shape index (κ3) is 2.87. The molecule has 1 heterocycles. The van der Waals surface area contributed by atoms with Gasteiger partial charge in [-0.25, -0.2) is 0 Å². The van der Waals surface area contributed by atoms with Crippen molar-refractivity contribution in [2.75, 3.05) is 5.73 Å². The van der Waals surface area contributed by atoms with E-state index in [9.17, 15) is 4.79 Å². The molecule has 0 aliphatic carbocycles. The van der Waals surface area contributed by atoms with Crippen molar-refractivity contribution in [3.63, 3.8) is 0 Å². The standard InChI is InChI=1S/C23H19N3O/c24-22-20(23(25)27)19(16-10-4-1-5-11-16)21(17-12-6-2-7-13-17)26(22)18-14-8-3-9-15-18/h1-15H,24H2,(H2,25,27). The van der Waals surface area contributed by atoms with Crippen molar-refractivity contribution in [1.29, 1.82) is 0 Å². The van der Waals surface area contributed by atoms with Gasteiger partial charge in [0.15, 0.2) is 0 Å². The number of carbonyl (C=O) groups excluding carboxylic acids is 1. The van der Waals surface area contributed by atoms with Crippen LogP contribution in [0, 0.1) is 0 Å². The summed E-state index contributed by atoms with van der Waals surface area (Å²) in [7, 11) is 0. The van der Waals surface area contributed by atoms with Gasteiger partial charge in [0.2, 0.25) is 0 Å². The first kappa shape index (κ1) is 16.7. The highest BCUT2D eigenvalue weighted by molar-refractivity contribution is 6.09. The van der Waals surface area contributed by atoms with Crippen LogP contribution in [-0.2, 0) is 0 Å². The molecule has 3 aromatic carbocycles. The molecule has 4 nitrogen and oxygen atoms in total. The Hall–Kier alpha value is -3.79. The number of carbonyl (C=O) groups is 1. The van der Waals surface area contributed by atoms with E-state index >= 15 is 0 Å². The Kier molecular flexibility index (Phi) is 4.22. The zero-order valence-electron chi connectivity index (χ0n) is 14.7. The first-order chi connectivity index (χ1) is 13.2. The number of para-hydroxylation sites is 1. The van der Waals surface area contributed by atoms with E-state index in [1.165, 1.54) is 0 Å². The van der Waals surface area contributed by atoms with Gasteiger partial charge in [0.25, 0.3) is 5.91 Å². The van der Waals surface area contributed by atoms with Gasteiger partial charge in [0, 0.05) is 11.3 Å². The highest BCUT2D eigenvalue weighted by Gasteiger charge is 2.27. The summed E-state index contributed by atoms with van der Waals surface area (Å²) < 4.78 is 1.90. The van der Waals surface area contributed by atoms with E-state index in [1.807, 2.05) is 95.6 Å². The SMILES string of the molecule is NC(=O)c1c(-c2ccccc2)c(-c2ccccc2)n(-c2ccccc2)c1N. The van der Waals surface area contributed by atoms with E-state index in [2.05, 4.69) is 0 Å². The minimum atomic E-state index is -0.543. The van der Waals surface area contributed by atoms with Crippen LogP contribution < -0.4 is 11.5 Å². The number of nitrogens with zero attached hydrogens (tertiary/aromatic N) is 1. The number of anilines is 1. The first-order valence-electron chi connectivity index (χ1n) is 8.68. The Morgan fingerprint density at radius 3 is 1.70 bits per heavy atom. The molecule has 0 aliphatic heterocycles. The van der Waals surface area contributed by atoms with E-state index in [-0.39, 0.29) is 0 Å². The normalized spacial score (nSPS) is 10.7. The molecule has 0 aliphatic rings. The molecular weight excluding hydrogens is 334 g/mol. The molecular formula is C23H19N3O. The number of nitrogens with two attached hydrogens (primary N) is 2. The number of hydrogen-bond donors (Lipinski definition) is 2. The van der Waals surface area contributed by atoms with Crippen molar-refractivity contribution in [1.82, 2.24) is 4.57 Å². The van der Waals surface area contributed by atoms with Gasteiger partial charge < -0.3 is 11.5 Å². The number of amides is 1. The fourth-order valence-electron chi connectivity index (χ4n) is 3.44. The minimum absolute atomic E-state index is 0.337. The second-order valence-electron chi connectivity index (χ2n) is 6.25. The maximum absolute atomic E-state index is 12.4. The van der Waals surface area contributed by atoms with Crippen molar-refractivity contribution >= 4 is 11.7 Å². The lowest BCUT2D eigenvalue weighted by molar-refractivity contribution is 0.100. The maximum atomic E-state index is 12.4. The lowest BCUT2D eigenvalue weighted by atomic mass is 9.97. The summed E-state index contributed by atoms with van der Waals surface area (Å²) in [5.41, 5.74) is 16.9. The molecule has 1 aromatic heterocycles. The molecule has 0 saturated carbocycles. The summed E-state index contributed by atoms with van der Waals surface area (Å²) in [6.45, 7) is 0. The average molecular weight is 353 g/mol. The van der Waals surface area contributed by atoms with Crippen molar-refractivity contribution in [3.8, 4) is 28.1 Å². The Morgan fingerprint density at radius 1 is 0.704 bits per heavy atom. The van der Waals surface area contributed by atoms with E-state index in [0.29, 0.717) is 11.4 Å². The molecule has 0 atom stereocenters. The smallest absolute Gasteiger partial charge is 0.253 e. The number of rotatable bonds is 4. The van der Waals surface area contributed by atoms with E-state index in [4.69, 9.17) is 11.5 Å². The minimum Gasteiger partial charge on any atom is -0.384 e. The first-order valence-corrected chi connectivity index (χ1v) is 8.68. The van der Waals surface area contributed by atoms with Gasteiger partial charge >= 0.3 is 0 Å². The summed E-state index contributed by atoms with van der Waals surface area (Å²) in [5.74, 6) is -0.204. The Bertz CT molecular complexity index is 1080. The molecule has 4 N–H and O–H groups in total. The van der Waals surface area contributed by atoms with Gasteiger partial charge in [0.1, 0.15) is 5.82 Å². The third-order valence-electron chi connectivity index (χ3n) is 4.58. The number of primary amides is 1. The molecule has 1 amide bonds. The summed E-state index contributed by atoms with van der Waals surface area (Å²) in [6, 6.07) is 29.4. The van der Waals surface area contributed by atoms with Gasteiger partial charge in [-0.3, -0.25) is 9.36 Å². The quantitative estimate of drug-likeness (QED) is 0.567. The highest BCUT2D eigenvalue weighted by atomic mass is 16.1. The number of hydrogen-bond acceptors (Lipinski definition) is 2. The van der Waals surface area contributed by atoms with Gasteiger partial charge in [-0.1, -0.05) is 78.9 Å². The van der Waals surface area contributed by atoms with Gasteiger partial charge in [0.05, 0.1) is 11.3 Å². The molecule has 132 valence electrons. The van der Waals surface area contributed by atoms with Gasteiger partial charge in [-0.15, -0.1) is 0 Å². The van der Waals surface area contributed by atoms with Crippen LogP contribution in [0.1, 0.15) is 10.4 Å². The molecule has 0 unspecified atom stereocenters. The van der Waals surface area contributed by atoms with Crippen molar-refractivity contribution in [2.45, 2.75) is 0 Å². The van der Waals surface area contributed by atoms with Crippen molar-refractivity contribution < 1.29 is 4.79 Å². The van der Waals surface area contributed by atoms with E-state index < -0.39 is 5.91 Å². The second-order valence-corrected chi connectivity index (χ2v) is 6.25. The number of aromatic nitrogens is 1. The molecule has 0 radical (unpaired) electrons. The van der Waals surface area contributed by atoms with Gasteiger partial charge in [-0.05, 0) is 23.3 Å². The topological polar surface area (TPSA) is 74.0 Å². The van der Waals surface area contributed by atoms with Crippen LogP contribution in [0.15, 0.2) is 91.0 Å². The van der Waals surface area contributed by atoms with Gasteiger partial charge in [-0.2, -0.15) is 0 Å². The van der Waals surface area contributed by atoms with Crippen molar-refractivity contribution in [2.24, 2.45) is 5.73 Å². The third-order valence-corrected chi connectivity index (χ3v) is 4.58. The average Bonchev–Trinajstić information content (AvgIpc) is 3.03. The largest absolute Gasteiger partial charge is 0.384 e. The predicted molar refractivity (Wildman–Crippen MR) is 110 cm³/mol. The van der Waals surface area contributed by atoms with Crippen LogP contribution >= 0.6 is 0 Å². The summed E-state index contributed by atoms with van der Waals surface area (Å²) in [4.78, 5) is 12.4. The van der Waals surface area contributed by atoms with Crippen LogP contribution in [0.3, 0.4) is 0 Å². The Labute approximate surface area is 157 Å². The zero-order chi connectivity index (χ0) is 18.8. The summed E-state index contributed by atoms with van der Waals surface area (Å²) in [6.07, 6.45) is 0. The number of benzene rings is 3. The van der Waals surface area contributed by atoms with Crippen LogP contribution in [0.2, 0.25) is 0 Å². The fourth-order valence-corrected chi connectivity index (χ4v) is 3.44. The molecule has 0 bridgehead atoms. The van der Waals surface area contributed by atoms with Crippen LogP contribution in [0.4, 0.5) is 5.82 Å². The second kappa shape index (κ2) is 6.84. The molecule has 4 rings (SSSR count). The molecule has 4 aromatic rings.